The molecule has 0 aromatic heterocycles. The minimum atomic E-state index is -0.466. The van der Waals surface area contributed by atoms with Gasteiger partial charge in [0.2, 0.25) is 0 Å². The van der Waals surface area contributed by atoms with Crippen molar-refractivity contribution < 1.29 is 14.3 Å². The molecule has 9 heavy (non-hydrogen) atoms. The van der Waals surface area contributed by atoms with Crippen LogP contribution in [0.1, 0.15) is 19.3 Å². The molecule has 0 bridgehead atoms. The molecule has 1 aliphatic rings. The van der Waals surface area contributed by atoms with Gasteiger partial charge in [-0.2, -0.15) is 0 Å². The molecule has 1 aliphatic heterocycles. The van der Waals surface area contributed by atoms with Crippen LogP contribution in [0.25, 0.3) is 0 Å². The number of esters is 1. The molecule has 3 heteroatoms. The number of hydrogen-bond acceptors (Lipinski definition) is 3. The molecule has 0 N–H and O–H groups in total. The van der Waals surface area contributed by atoms with Crippen LogP contribution in [0.15, 0.2) is 0 Å². The standard InChI is InChI=1S/C6H8O3/c7-4-5-2-1-3-6(8)9-5/h4-5H,1-3H2/t5-/m1/s1. The minimum absolute atomic E-state index is 0.252. The van der Waals surface area contributed by atoms with E-state index >= 15 is 0 Å². The Balaban J connectivity index is 2.40. The fraction of sp³-hybridized carbons (Fsp3) is 0.667. The molecule has 0 unspecified atom stereocenters. The summed E-state index contributed by atoms with van der Waals surface area (Å²) in [5, 5.41) is 0. The smallest absolute Gasteiger partial charge is 0.306 e. The first-order chi connectivity index (χ1) is 4.33. The molecule has 1 fully saturated rings. The highest BCUT2D eigenvalue weighted by Gasteiger charge is 2.18. The molecule has 1 heterocycles. The maximum absolute atomic E-state index is 10.5. The van der Waals surface area contributed by atoms with E-state index in [1.165, 1.54) is 0 Å². The summed E-state index contributed by atoms with van der Waals surface area (Å²) in [6, 6.07) is 0. The number of hydrogen-bond donors (Lipinski definition) is 0. The van der Waals surface area contributed by atoms with Gasteiger partial charge in [-0.25, -0.2) is 0 Å². The van der Waals surface area contributed by atoms with E-state index in [1.807, 2.05) is 0 Å². The van der Waals surface area contributed by atoms with Gasteiger partial charge >= 0.3 is 5.97 Å². The molecule has 0 radical (unpaired) electrons. The van der Waals surface area contributed by atoms with Crippen molar-refractivity contribution in [1.29, 1.82) is 0 Å². The third-order valence-corrected chi connectivity index (χ3v) is 1.30. The SMILES string of the molecule is O=C[C@H]1CCCC(=O)O1. The minimum Gasteiger partial charge on any atom is -0.455 e. The van der Waals surface area contributed by atoms with Crippen LogP contribution in [0.2, 0.25) is 0 Å². The second kappa shape index (κ2) is 2.62. The summed E-state index contributed by atoms with van der Waals surface area (Å²) in [5.74, 6) is -0.252. The van der Waals surface area contributed by atoms with Gasteiger partial charge in [-0.15, -0.1) is 0 Å². The van der Waals surface area contributed by atoms with Gasteiger partial charge in [0.1, 0.15) is 0 Å². The van der Waals surface area contributed by atoms with Crippen LogP contribution < -0.4 is 0 Å². The molecule has 50 valence electrons. The molecule has 0 aromatic rings. The van der Waals surface area contributed by atoms with E-state index in [1.54, 1.807) is 0 Å². The van der Waals surface area contributed by atoms with E-state index in [0.29, 0.717) is 19.1 Å². The fourth-order valence-corrected chi connectivity index (χ4v) is 0.830. The second-order valence-electron chi connectivity index (χ2n) is 2.06. The van der Waals surface area contributed by atoms with Gasteiger partial charge < -0.3 is 4.74 Å². The summed E-state index contributed by atoms with van der Waals surface area (Å²) in [5.41, 5.74) is 0. The molecule has 1 atom stereocenters. The Bertz CT molecular complexity index is 130. The molecular formula is C6H8O3. The molecule has 0 spiro atoms. The van der Waals surface area contributed by atoms with E-state index < -0.39 is 6.10 Å². The van der Waals surface area contributed by atoms with E-state index in [2.05, 4.69) is 4.74 Å². The van der Waals surface area contributed by atoms with Crippen LogP contribution in [0.5, 0.6) is 0 Å². The molecular weight excluding hydrogens is 120 g/mol. The Labute approximate surface area is 53.0 Å². The van der Waals surface area contributed by atoms with Crippen LogP contribution in [-0.2, 0) is 14.3 Å². The van der Waals surface area contributed by atoms with Crippen LogP contribution in [0, 0.1) is 0 Å². The highest BCUT2D eigenvalue weighted by atomic mass is 16.5. The molecule has 1 saturated heterocycles. The quantitative estimate of drug-likeness (QED) is 0.376. The van der Waals surface area contributed by atoms with Gasteiger partial charge in [-0.3, -0.25) is 9.59 Å². The Morgan fingerprint density at radius 2 is 2.44 bits per heavy atom. The zero-order valence-electron chi connectivity index (χ0n) is 5.00. The van der Waals surface area contributed by atoms with E-state index in [4.69, 9.17) is 0 Å². The molecule has 0 amide bonds. The predicted molar refractivity (Wildman–Crippen MR) is 29.8 cm³/mol. The van der Waals surface area contributed by atoms with E-state index in [0.717, 1.165) is 6.42 Å². The van der Waals surface area contributed by atoms with Gasteiger partial charge in [-0.1, -0.05) is 0 Å². The van der Waals surface area contributed by atoms with Crippen molar-refractivity contribution in [2.24, 2.45) is 0 Å². The van der Waals surface area contributed by atoms with Crippen molar-refractivity contribution in [2.75, 3.05) is 0 Å². The highest BCUT2D eigenvalue weighted by Crippen LogP contribution is 2.11. The summed E-state index contributed by atoms with van der Waals surface area (Å²) < 4.78 is 4.63. The number of rotatable bonds is 1. The lowest BCUT2D eigenvalue weighted by Crippen LogP contribution is -2.24. The summed E-state index contributed by atoms with van der Waals surface area (Å²) in [7, 11) is 0. The van der Waals surface area contributed by atoms with Crippen molar-refractivity contribution in [1.82, 2.24) is 0 Å². The van der Waals surface area contributed by atoms with Crippen molar-refractivity contribution in [3.8, 4) is 0 Å². The monoisotopic (exact) mass is 128 g/mol. The third-order valence-electron chi connectivity index (χ3n) is 1.30. The number of cyclic esters (lactones) is 1. The average molecular weight is 128 g/mol. The van der Waals surface area contributed by atoms with Crippen LogP contribution >= 0.6 is 0 Å². The Kier molecular flexibility index (Phi) is 1.82. The normalized spacial score (nSPS) is 27.1. The second-order valence-corrected chi connectivity index (χ2v) is 2.06. The van der Waals surface area contributed by atoms with E-state index in [9.17, 15) is 9.59 Å². The lowest BCUT2D eigenvalue weighted by molar-refractivity contribution is -0.156. The molecule has 3 nitrogen and oxygen atoms in total. The Morgan fingerprint density at radius 1 is 1.67 bits per heavy atom. The zero-order valence-corrected chi connectivity index (χ0v) is 5.00. The number of aldehydes is 1. The topological polar surface area (TPSA) is 43.4 Å². The first-order valence-electron chi connectivity index (χ1n) is 2.97. The Hall–Kier alpha value is -0.860. The maximum Gasteiger partial charge on any atom is 0.306 e. The lowest BCUT2D eigenvalue weighted by atomic mass is 10.1. The average Bonchev–Trinajstić information content (AvgIpc) is 1.88. The number of carbonyl (C=O) groups is 2. The van der Waals surface area contributed by atoms with Gasteiger partial charge in [-0.05, 0) is 12.8 Å². The third kappa shape index (κ3) is 1.52. The van der Waals surface area contributed by atoms with Gasteiger partial charge in [0.05, 0.1) is 0 Å². The molecule has 0 aromatic carbocycles. The van der Waals surface area contributed by atoms with Crippen LogP contribution in [-0.4, -0.2) is 18.4 Å². The van der Waals surface area contributed by atoms with Gasteiger partial charge in [0.15, 0.2) is 12.4 Å². The zero-order chi connectivity index (χ0) is 6.69. The summed E-state index contributed by atoms with van der Waals surface area (Å²) in [6.45, 7) is 0. The van der Waals surface area contributed by atoms with Gasteiger partial charge in [0.25, 0.3) is 0 Å². The number of carbonyl (C=O) groups excluding carboxylic acids is 2. The lowest BCUT2D eigenvalue weighted by Gasteiger charge is -2.16. The number of ether oxygens (including phenoxy) is 1. The first-order valence-corrected chi connectivity index (χ1v) is 2.97. The highest BCUT2D eigenvalue weighted by molar-refractivity contribution is 5.73. The molecule has 1 rings (SSSR count). The van der Waals surface area contributed by atoms with Crippen molar-refractivity contribution in [3.05, 3.63) is 0 Å². The summed E-state index contributed by atoms with van der Waals surface area (Å²) in [4.78, 5) is 20.5. The van der Waals surface area contributed by atoms with Crippen molar-refractivity contribution >= 4 is 12.3 Å². The van der Waals surface area contributed by atoms with Crippen molar-refractivity contribution in [2.45, 2.75) is 25.4 Å². The summed E-state index contributed by atoms with van der Waals surface area (Å²) >= 11 is 0. The van der Waals surface area contributed by atoms with Gasteiger partial charge in [0, 0.05) is 6.42 Å². The maximum atomic E-state index is 10.5. The first kappa shape index (κ1) is 6.26. The van der Waals surface area contributed by atoms with Crippen LogP contribution in [0.4, 0.5) is 0 Å². The fourth-order valence-electron chi connectivity index (χ4n) is 0.830. The largest absolute Gasteiger partial charge is 0.455 e. The predicted octanol–water partition coefficient (Wildman–Crippen LogP) is 0.281. The van der Waals surface area contributed by atoms with Crippen molar-refractivity contribution in [3.63, 3.8) is 0 Å². The summed E-state index contributed by atoms with van der Waals surface area (Å²) in [6.07, 6.45) is 2.14. The Morgan fingerprint density at radius 3 is 2.89 bits per heavy atom. The molecule has 0 saturated carbocycles. The van der Waals surface area contributed by atoms with Crippen LogP contribution in [0.3, 0.4) is 0 Å². The van der Waals surface area contributed by atoms with E-state index in [-0.39, 0.29) is 5.97 Å². The molecule has 0 aliphatic carbocycles.